The smallest absolute Gasteiger partial charge is 1.00 e. The zero-order chi connectivity index (χ0) is 3.41. The van der Waals surface area contributed by atoms with Crippen LogP contribution in [0.25, 0.3) is 0 Å². The van der Waals surface area contributed by atoms with E-state index in [1.165, 1.54) is 0 Å². The zero-order valence-corrected chi connectivity index (χ0v) is 6.78. The standard InChI is InChI=1S/C4H7.BrH.Mg/c1-3-4-2;;/h3H,1-2,4H2;1H;/q-1;;+2/p-1. The van der Waals surface area contributed by atoms with Gasteiger partial charge in [0.05, 0.1) is 0 Å². The van der Waals surface area contributed by atoms with E-state index in [0.29, 0.717) is 0 Å². The van der Waals surface area contributed by atoms with Crippen LogP contribution in [0.4, 0.5) is 0 Å². The monoisotopic (exact) mass is 158 g/mol. The first-order valence-electron chi connectivity index (χ1n) is 1.32. The van der Waals surface area contributed by atoms with Crippen LogP contribution in [0, 0.1) is 6.92 Å². The van der Waals surface area contributed by atoms with E-state index in [2.05, 4.69) is 13.5 Å². The Morgan fingerprint density at radius 3 is 1.83 bits per heavy atom. The second kappa shape index (κ2) is 16.7. The number of halogens is 1. The van der Waals surface area contributed by atoms with Crippen molar-refractivity contribution in [2.45, 2.75) is 6.42 Å². The van der Waals surface area contributed by atoms with E-state index in [1.54, 1.807) is 6.08 Å². The Labute approximate surface area is 65.9 Å². The third kappa shape index (κ3) is 20.1. The molecule has 0 bridgehead atoms. The van der Waals surface area contributed by atoms with Crippen molar-refractivity contribution in [3.8, 4) is 0 Å². The Morgan fingerprint density at radius 2 is 1.83 bits per heavy atom. The van der Waals surface area contributed by atoms with Crippen molar-refractivity contribution in [1.82, 2.24) is 0 Å². The van der Waals surface area contributed by atoms with E-state index in [0.717, 1.165) is 6.42 Å². The maximum atomic E-state index is 3.49. The summed E-state index contributed by atoms with van der Waals surface area (Å²) < 4.78 is 0. The fourth-order valence-electron chi connectivity index (χ4n) is 0. The molecule has 0 rings (SSSR count). The van der Waals surface area contributed by atoms with E-state index in [1.807, 2.05) is 0 Å². The quantitative estimate of drug-likeness (QED) is 0.236. The molecule has 0 aromatic heterocycles. The van der Waals surface area contributed by atoms with Crippen LogP contribution in [0.15, 0.2) is 12.7 Å². The second-order valence-corrected chi connectivity index (χ2v) is 0.577. The van der Waals surface area contributed by atoms with Gasteiger partial charge in [-0.25, -0.2) is 0 Å². The minimum absolute atomic E-state index is 0. The largest absolute Gasteiger partial charge is 2.00 e. The minimum atomic E-state index is 0. The summed E-state index contributed by atoms with van der Waals surface area (Å²) >= 11 is 0. The van der Waals surface area contributed by atoms with Crippen molar-refractivity contribution < 1.29 is 17.0 Å². The molecule has 0 aromatic carbocycles. The second-order valence-electron chi connectivity index (χ2n) is 0.577. The summed E-state index contributed by atoms with van der Waals surface area (Å²) in [4.78, 5) is 0. The molecule has 0 aliphatic rings. The molecular formula is C4H7BrMg. The third-order valence-electron chi connectivity index (χ3n) is 0.204. The predicted octanol–water partition coefficient (Wildman–Crippen LogP) is -1.98. The average molecular weight is 159 g/mol. The maximum Gasteiger partial charge on any atom is 2.00 e. The van der Waals surface area contributed by atoms with Gasteiger partial charge in [0.2, 0.25) is 0 Å². The van der Waals surface area contributed by atoms with Crippen LogP contribution >= 0.6 is 0 Å². The van der Waals surface area contributed by atoms with Crippen LogP contribution in [0.3, 0.4) is 0 Å². The number of hydrogen-bond donors (Lipinski definition) is 0. The Morgan fingerprint density at radius 1 is 1.67 bits per heavy atom. The van der Waals surface area contributed by atoms with E-state index >= 15 is 0 Å². The van der Waals surface area contributed by atoms with Crippen LogP contribution in [-0.4, -0.2) is 23.1 Å². The molecule has 0 saturated heterocycles. The van der Waals surface area contributed by atoms with E-state index < -0.39 is 0 Å². The molecule has 0 radical (unpaired) electrons. The number of allylic oxidation sites excluding steroid dienone is 1. The van der Waals surface area contributed by atoms with Gasteiger partial charge in [0.25, 0.3) is 0 Å². The molecule has 0 nitrogen and oxygen atoms in total. The fraction of sp³-hybridized carbons (Fsp3) is 0.250. The Hall–Kier alpha value is 0.986. The van der Waals surface area contributed by atoms with Gasteiger partial charge in [-0.05, 0) is 0 Å². The topological polar surface area (TPSA) is 0 Å². The van der Waals surface area contributed by atoms with Crippen molar-refractivity contribution in [1.29, 1.82) is 0 Å². The predicted molar refractivity (Wildman–Crippen MR) is 25.9 cm³/mol. The van der Waals surface area contributed by atoms with Gasteiger partial charge in [-0.15, -0.1) is 12.7 Å². The first kappa shape index (κ1) is 15.8. The Kier molecular flexibility index (Phi) is 43.8. The summed E-state index contributed by atoms with van der Waals surface area (Å²) in [5.41, 5.74) is 0. The Bertz CT molecular complexity index is 21.5. The van der Waals surface area contributed by atoms with Gasteiger partial charge >= 0.3 is 23.1 Å². The van der Waals surface area contributed by atoms with Crippen LogP contribution in [0.2, 0.25) is 0 Å². The summed E-state index contributed by atoms with van der Waals surface area (Å²) in [6.07, 6.45) is 2.60. The maximum absolute atomic E-state index is 3.49. The summed E-state index contributed by atoms with van der Waals surface area (Å²) in [7, 11) is 0. The molecule has 0 aliphatic heterocycles. The molecule has 0 atom stereocenters. The summed E-state index contributed by atoms with van der Waals surface area (Å²) in [5.74, 6) is 0. The van der Waals surface area contributed by atoms with Crippen LogP contribution in [-0.2, 0) is 0 Å². The van der Waals surface area contributed by atoms with Gasteiger partial charge in [-0.2, -0.15) is 6.42 Å². The summed E-state index contributed by atoms with van der Waals surface area (Å²) in [6, 6.07) is 0. The normalized spacial score (nSPS) is 4.17. The molecule has 0 aliphatic carbocycles. The average Bonchev–Trinajstić information content (AvgIpc) is 1.37. The molecule has 0 heterocycles. The molecule has 0 aromatic rings. The van der Waals surface area contributed by atoms with Crippen molar-refractivity contribution in [3.63, 3.8) is 0 Å². The number of rotatable bonds is 1. The molecule has 32 valence electrons. The zero-order valence-electron chi connectivity index (χ0n) is 3.78. The SMILES string of the molecule is C=CC[CH2-].[Br-].[Mg+2]. The van der Waals surface area contributed by atoms with Crippen molar-refractivity contribution in [3.05, 3.63) is 19.6 Å². The molecule has 0 spiro atoms. The number of hydrogen-bond acceptors (Lipinski definition) is 0. The van der Waals surface area contributed by atoms with Crippen molar-refractivity contribution >= 4 is 23.1 Å². The molecular weight excluding hydrogens is 152 g/mol. The van der Waals surface area contributed by atoms with Gasteiger partial charge in [-0.3, -0.25) is 0 Å². The molecule has 2 heteroatoms. The first-order chi connectivity index (χ1) is 1.91. The summed E-state index contributed by atoms with van der Waals surface area (Å²) in [6.45, 7) is 6.90. The fourth-order valence-corrected chi connectivity index (χ4v) is 0. The van der Waals surface area contributed by atoms with Crippen LogP contribution in [0.5, 0.6) is 0 Å². The molecule has 6 heavy (non-hydrogen) atoms. The van der Waals surface area contributed by atoms with Gasteiger partial charge in [0.15, 0.2) is 0 Å². The van der Waals surface area contributed by atoms with Gasteiger partial charge in [0.1, 0.15) is 0 Å². The first-order valence-corrected chi connectivity index (χ1v) is 1.32. The molecule has 0 fully saturated rings. The van der Waals surface area contributed by atoms with E-state index in [-0.39, 0.29) is 40.0 Å². The minimum Gasteiger partial charge on any atom is -1.00 e. The molecule has 0 unspecified atom stereocenters. The van der Waals surface area contributed by atoms with Crippen LogP contribution in [0.1, 0.15) is 6.42 Å². The van der Waals surface area contributed by atoms with E-state index in [9.17, 15) is 0 Å². The van der Waals surface area contributed by atoms with Gasteiger partial charge in [-0.1, -0.05) is 0 Å². The third-order valence-corrected chi connectivity index (χ3v) is 0.204. The van der Waals surface area contributed by atoms with Crippen LogP contribution < -0.4 is 17.0 Å². The molecule has 0 N–H and O–H groups in total. The van der Waals surface area contributed by atoms with Crippen molar-refractivity contribution in [2.24, 2.45) is 0 Å². The Balaban J connectivity index is -0.0000000450. The molecule has 0 amide bonds. The van der Waals surface area contributed by atoms with Gasteiger partial charge < -0.3 is 23.9 Å². The van der Waals surface area contributed by atoms with E-state index in [4.69, 9.17) is 0 Å². The van der Waals surface area contributed by atoms with Crippen molar-refractivity contribution in [2.75, 3.05) is 0 Å². The summed E-state index contributed by atoms with van der Waals surface area (Å²) in [5, 5.41) is 0. The van der Waals surface area contributed by atoms with Gasteiger partial charge in [0, 0.05) is 0 Å². The molecule has 0 saturated carbocycles.